The molecule has 4 atom stereocenters. The van der Waals surface area contributed by atoms with Crippen LogP contribution in [0.4, 0.5) is 0 Å². The van der Waals surface area contributed by atoms with E-state index in [0.29, 0.717) is 0 Å². The molecule has 0 saturated heterocycles. The molecule has 82 valence electrons. The number of aromatic nitrogens is 4. The first-order valence-corrected chi connectivity index (χ1v) is 4.07. The van der Waals surface area contributed by atoms with Gasteiger partial charge in [0.15, 0.2) is 5.82 Å². The number of nitrogens with zero attached hydrogens (tertiary/aromatic N) is 4. The molecule has 3 N–H and O–H groups in total. The number of carbonyl (C=O) groups is 1. The van der Waals surface area contributed by atoms with E-state index < -0.39 is 30.3 Å². The summed E-state index contributed by atoms with van der Waals surface area (Å²) in [6.45, 7) is 0. The molecule has 2 rings (SSSR count). The molecule has 0 saturated carbocycles. The molecule has 0 aromatic carbocycles. The standard InChI is InChI=1S/C6H8N4O5.Na/c11-2-1(6(14)15)10-5(7-8-9-10)4(13)3(2)12;/h1-4,11-13H,(H,14,15);/q;+1/p-1/t1-,2-,3-,4+;/m0./s1. The summed E-state index contributed by atoms with van der Waals surface area (Å²) in [6, 6.07) is -1.60. The Balaban J connectivity index is 0.00000128. The average Bonchev–Trinajstić information content (AvgIpc) is 2.62. The van der Waals surface area contributed by atoms with E-state index in [1.54, 1.807) is 0 Å². The van der Waals surface area contributed by atoms with Crippen LogP contribution >= 0.6 is 0 Å². The largest absolute Gasteiger partial charge is 1.00 e. The number of hydrogen-bond acceptors (Lipinski definition) is 8. The van der Waals surface area contributed by atoms with Crippen molar-refractivity contribution in [3.8, 4) is 0 Å². The average molecular weight is 238 g/mol. The molecular formula is C6H7N4NaO5. The number of aliphatic hydroxyl groups excluding tert-OH is 3. The topological polar surface area (TPSA) is 144 Å². The van der Waals surface area contributed by atoms with E-state index in [-0.39, 0.29) is 35.4 Å². The van der Waals surface area contributed by atoms with Gasteiger partial charge in [-0.05, 0) is 10.4 Å². The van der Waals surface area contributed by atoms with Crippen LogP contribution in [-0.2, 0) is 4.79 Å². The number of hydrogen-bond donors (Lipinski definition) is 3. The van der Waals surface area contributed by atoms with Gasteiger partial charge in [0, 0.05) is 0 Å². The molecule has 1 aliphatic rings. The molecule has 10 heteroatoms. The molecule has 1 aromatic heterocycles. The number of tetrazole rings is 1. The first-order chi connectivity index (χ1) is 7.04. The third-order valence-electron chi connectivity index (χ3n) is 2.28. The van der Waals surface area contributed by atoms with Gasteiger partial charge in [0.2, 0.25) is 0 Å². The number of carbonyl (C=O) groups excluding carboxylic acids is 1. The fourth-order valence-electron chi connectivity index (χ4n) is 1.50. The van der Waals surface area contributed by atoms with E-state index in [9.17, 15) is 25.2 Å². The summed E-state index contributed by atoms with van der Waals surface area (Å²) in [4.78, 5) is 10.7. The van der Waals surface area contributed by atoms with Crippen molar-refractivity contribution in [2.75, 3.05) is 0 Å². The summed E-state index contributed by atoms with van der Waals surface area (Å²) in [6.07, 6.45) is -4.90. The van der Waals surface area contributed by atoms with Gasteiger partial charge in [-0.3, -0.25) is 0 Å². The van der Waals surface area contributed by atoms with Gasteiger partial charge in [0.1, 0.15) is 24.4 Å². The summed E-state index contributed by atoms with van der Waals surface area (Å²) in [7, 11) is 0. The van der Waals surface area contributed by atoms with Gasteiger partial charge in [0.25, 0.3) is 0 Å². The molecule has 1 aliphatic heterocycles. The minimum Gasteiger partial charge on any atom is -0.548 e. The van der Waals surface area contributed by atoms with Crippen molar-refractivity contribution in [2.24, 2.45) is 0 Å². The van der Waals surface area contributed by atoms with Crippen molar-refractivity contribution in [3.63, 3.8) is 0 Å². The first-order valence-electron chi connectivity index (χ1n) is 4.07. The zero-order valence-electron chi connectivity index (χ0n) is 8.26. The number of carboxylic acids is 1. The van der Waals surface area contributed by atoms with E-state index >= 15 is 0 Å². The molecule has 0 fully saturated rings. The smallest absolute Gasteiger partial charge is 0.548 e. The van der Waals surface area contributed by atoms with Crippen LogP contribution in [0.2, 0.25) is 0 Å². The second-order valence-corrected chi connectivity index (χ2v) is 3.17. The van der Waals surface area contributed by atoms with Gasteiger partial charge in [-0.2, -0.15) is 0 Å². The van der Waals surface area contributed by atoms with E-state index in [2.05, 4.69) is 15.5 Å². The number of carboxylic acid groups (broad SMARTS) is 1. The predicted octanol–water partition coefficient (Wildman–Crippen LogP) is -7.26. The normalized spacial score (nSPS) is 32.7. The van der Waals surface area contributed by atoms with Gasteiger partial charge in [-0.25, -0.2) is 4.68 Å². The monoisotopic (exact) mass is 238 g/mol. The number of aliphatic hydroxyl groups is 3. The fraction of sp³-hybridized carbons (Fsp3) is 0.667. The summed E-state index contributed by atoms with van der Waals surface area (Å²) < 4.78 is 0.720. The third-order valence-corrected chi connectivity index (χ3v) is 2.28. The maximum atomic E-state index is 10.7. The summed E-state index contributed by atoms with van der Waals surface area (Å²) in [5.41, 5.74) is 0. The van der Waals surface area contributed by atoms with Gasteiger partial charge >= 0.3 is 29.6 Å². The zero-order valence-corrected chi connectivity index (χ0v) is 10.3. The molecule has 9 nitrogen and oxygen atoms in total. The van der Waals surface area contributed by atoms with Crippen molar-refractivity contribution in [2.45, 2.75) is 24.4 Å². The van der Waals surface area contributed by atoms with E-state index in [4.69, 9.17) is 0 Å². The number of fused-ring (bicyclic) bond motifs is 1. The second kappa shape index (κ2) is 4.73. The number of aliphatic carboxylic acids is 1. The fourth-order valence-corrected chi connectivity index (χ4v) is 1.50. The van der Waals surface area contributed by atoms with Crippen LogP contribution in [0.25, 0.3) is 0 Å². The molecule has 2 heterocycles. The van der Waals surface area contributed by atoms with Crippen LogP contribution in [0, 0.1) is 0 Å². The Bertz CT molecular complexity index is 398. The molecule has 0 unspecified atom stereocenters. The van der Waals surface area contributed by atoms with Crippen LogP contribution < -0.4 is 34.7 Å². The molecule has 16 heavy (non-hydrogen) atoms. The maximum Gasteiger partial charge on any atom is 1.00 e. The molecular weight excluding hydrogens is 231 g/mol. The Morgan fingerprint density at radius 2 is 1.94 bits per heavy atom. The van der Waals surface area contributed by atoms with Crippen molar-refractivity contribution < 1.29 is 54.8 Å². The van der Waals surface area contributed by atoms with Crippen LogP contribution in [0.1, 0.15) is 18.0 Å². The first kappa shape index (κ1) is 13.5. The quantitative estimate of drug-likeness (QED) is 0.409. The Morgan fingerprint density at radius 1 is 1.31 bits per heavy atom. The molecule has 0 spiro atoms. The van der Waals surface area contributed by atoms with Crippen LogP contribution in [0.5, 0.6) is 0 Å². The molecule has 1 aromatic rings. The van der Waals surface area contributed by atoms with E-state index in [1.807, 2.05) is 0 Å². The van der Waals surface area contributed by atoms with Gasteiger partial charge < -0.3 is 25.2 Å². The van der Waals surface area contributed by atoms with Crippen LogP contribution in [0.15, 0.2) is 0 Å². The third kappa shape index (κ3) is 1.85. The maximum absolute atomic E-state index is 10.7. The van der Waals surface area contributed by atoms with Gasteiger partial charge in [-0.1, -0.05) is 0 Å². The predicted molar refractivity (Wildman–Crippen MR) is 38.8 cm³/mol. The van der Waals surface area contributed by atoms with E-state index in [0.717, 1.165) is 4.68 Å². The molecule has 0 amide bonds. The Morgan fingerprint density at radius 3 is 2.50 bits per heavy atom. The summed E-state index contributed by atoms with van der Waals surface area (Å²) >= 11 is 0. The second-order valence-electron chi connectivity index (χ2n) is 3.17. The molecule has 0 bridgehead atoms. The Labute approximate surface area is 111 Å². The van der Waals surface area contributed by atoms with Crippen molar-refractivity contribution >= 4 is 5.97 Å². The summed E-state index contributed by atoms with van der Waals surface area (Å²) in [5.74, 6) is -1.86. The van der Waals surface area contributed by atoms with Gasteiger partial charge in [0.05, 0.1) is 5.97 Å². The Hall–Kier alpha value is -0.580. The summed E-state index contributed by atoms with van der Waals surface area (Å²) in [5, 5.41) is 48.6. The van der Waals surface area contributed by atoms with Crippen molar-refractivity contribution in [1.29, 1.82) is 0 Å². The van der Waals surface area contributed by atoms with Crippen molar-refractivity contribution in [3.05, 3.63) is 5.82 Å². The molecule has 0 radical (unpaired) electrons. The minimum absolute atomic E-state index is 0. The molecule has 0 aliphatic carbocycles. The minimum atomic E-state index is -1.72. The van der Waals surface area contributed by atoms with E-state index in [1.165, 1.54) is 0 Å². The SMILES string of the molecule is O=C([O-])[C@@H]1[C@H](O)[C@H](O)[C@@H](O)c2nnnn21.[Na+]. The van der Waals surface area contributed by atoms with Crippen molar-refractivity contribution in [1.82, 2.24) is 20.2 Å². The van der Waals surface area contributed by atoms with Gasteiger partial charge in [-0.15, -0.1) is 5.10 Å². The Kier molecular flexibility index (Phi) is 3.99. The number of rotatable bonds is 1. The van der Waals surface area contributed by atoms with Crippen LogP contribution in [0.3, 0.4) is 0 Å². The zero-order chi connectivity index (χ0) is 11.2. The van der Waals surface area contributed by atoms with Crippen LogP contribution in [-0.4, -0.2) is 53.7 Å².